The second-order valence-electron chi connectivity index (χ2n) is 6.64. The topological polar surface area (TPSA) is 23.5 Å². The number of aliphatic hydroxyl groups excluding tert-OH is 1. The van der Waals surface area contributed by atoms with Gasteiger partial charge in [0.25, 0.3) is 0 Å². The zero-order valence-electron chi connectivity index (χ0n) is 12.7. The van der Waals surface area contributed by atoms with E-state index in [1.54, 1.807) is 0 Å². The molecule has 1 aliphatic carbocycles. The molecule has 2 heteroatoms. The van der Waals surface area contributed by atoms with E-state index in [1.165, 1.54) is 90.1 Å². The lowest BCUT2D eigenvalue weighted by molar-refractivity contribution is 0.0257. The van der Waals surface area contributed by atoms with E-state index in [1.807, 2.05) is 0 Å². The number of piperidine rings is 1. The van der Waals surface area contributed by atoms with Gasteiger partial charge in [-0.05, 0) is 38.8 Å². The summed E-state index contributed by atoms with van der Waals surface area (Å²) in [4.78, 5) is 2.60. The average Bonchev–Trinajstić information content (AvgIpc) is 2.44. The molecule has 112 valence electrons. The molecule has 0 aromatic carbocycles. The zero-order valence-corrected chi connectivity index (χ0v) is 12.7. The van der Waals surface area contributed by atoms with Gasteiger partial charge in [0.15, 0.2) is 0 Å². The second-order valence-corrected chi connectivity index (χ2v) is 6.64. The van der Waals surface area contributed by atoms with Crippen molar-refractivity contribution < 1.29 is 5.11 Å². The first-order chi connectivity index (χ1) is 9.38. The van der Waals surface area contributed by atoms with E-state index in [4.69, 9.17) is 0 Å². The van der Waals surface area contributed by atoms with E-state index in [9.17, 15) is 5.11 Å². The smallest absolute Gasteiger partial charge is 0.0695 e. The van der Waals surface area contributed by atoms with Crippen LogP contribution in [0.3, 0.4) is 0 Å². The highest BCUT2D eigenvalue weighted by Crippen LogP contribution is 2.23. The molecule has 1 saturated carbocycles. The SMILES string of the molecule is O[C@H]1CCCCCCCCCC[C@H]1N1CCCCC1. The van der Waals surface area contributed by atoms with Gasteiger partial charge in [0.2, 0.25) is 0 Å². The van der Waals surface area contributed by atoms with Crippen LogP contribution < -0.4 is 0 Å². The summed E-state index contributed by atoms with van der Waals surface area (Å²) in [5.41, 5.74) is 0. The predicted octanol–water partition coefficient (Wildman–Crippen LogP) is 4.12. The molecule has 2 nitrogen and oxygen atoms in total. The number of rotatable bonds is 1. The van der Waals surface area contributed by atoms with E-state index in [2.05, 4.69) is 4.90 Å². The molecule has 0 unspecified atom stereocenters. The highest BCUT2D eigenvalue weighted by molar-refractivity contribution is 4.81. The maximum absolute atomic E-state index is 10.6. The standard InChI is InChI=1S/C17H33NO/c19-17-13-9-6-4-2-1-3-5-8-12-16(17)18-14-10-7-11-15-18/h16-17,19H,1-15H2/t16-,17+/m1/s1. The fraction of sp³-hybridized carbons (Fsp3) is 1.00. The Morgan fingerprint density at radius 1 is 0.579 bits per heavy atom. The fourth-order valence-electron chi connectivity index (χ4n) is 3.83. The molecule has 1 heterocycles. The van der Waals surface area contributed by atoms with E-state index < -0.39 is 0 Å². The minimum Gasteiger partial charge on any atom is -0.391 e. The Hall–Kier alpha value is -0.0800. The van der Waals surface area contributed by atoms with Crippen LogP contribution in [0.2, 0.25) is 0 Å². The van der Waals surface area contributed by atoms with Gasteiger partial charge in [-0.15, -0.1) is 0 Å². The highest BCUT2D eigenvalue weighted by atomic mass is 16.3. The molecule has 0 aromatic heterocycles. The Morgan fingerprint density at radius 3 is 1.68 bits per heavy atom. The largest absolute Gasteiger partial charge is 0.391 e. The minimum absolute atomic E-state index is 0.0717. The molecular weight excluding hydrogens is 234 g/mol. The van der Waals surface area contributed by atoms with Gasteiger partial charge in [-0.2, -0.15) is 0 Å². The molecule has 2 fully saturated rings. The Labute approximate surface area is 119 Å². The van der Waals surface area contributed by atoms with Crippen molar-refractivity contribution in [3.8, 4) is 0 Å². The molecule has 19 heavy (non-hydrogen) atoms. The number of hydrogen-bond donors (Lipinski definition) is 1. The van der Waals surface area contributed by atoms with Gasteiger partial charge in [-0.1, -0.05) is 57.8 Å². The van der Waals surface area contributed by atoms with Gasteiger partial charge < -0.3 is 5.11 Å². The summed E-state index contributed by atoms with van der Waals surface area (Å²) in [7, 11) is 0. The van der Waals surface area contributed by atoms with Crippen LogP contribution in [0.1, 0.15) is 83.5 Å². The van der Waals surface area contributed by atoms with Crippen LogP contribution in [-0.2, 0) is 0 Å². The van der Waals surface area contributed by atoms with Gasteiger partial charge in [-0.25, -0.2) is 0 Å². The molecular formula is C17H33NO. The van der Waals surface area contributed by atoms with Gasteiger partial charge in [0, 0.05) is 6.04 Å². The lowest BCUT2D eigenvalue weighted by Gasteiger charge is -2.37. The van der Waals surface area contributed by atoms with Crippen LogP contribution >= 0.6 is 0 Å². The van der Waals surface area contributed by atoms with Crippen molar-refractivity contribution in [3.05, 3.63) is 0 Å². The zero-order chi connectivity index (χ0) is 13.3. The van der Waals surface area contributed by atoms with Crippen molar-refractivity contribution in [2.75, 3.05) is 13.1 Å². The molecule has 0 spiro atoms. The summed E-state index contributed by atoms with van der Waals surface area (Å²) in [6.45, 7) is 2.45. The maximum Gasteiger partial charge on any atom is 0.0695 e. The molecule has 1 aliphatic heterocycles. The van der Waals surface area contributed by atoms with Gasteiger partial charge in [0.05, 0.1) is 6.10 Å². The molecule has 0 amide bonds. The van der Waals surface area contributed by atoms with Crippen LogP contribution in [0.5, 0.6) is 0 Å². The summed E-state index contributed by atoms with van der Waals surface area (Å²) < 4.78 is 0. The third-order valence-electron chi connectivity index (χ3n) is 5.05. The van der Waals surface area contributed by atoms with E-state index in [-0.39, 0.29) is 6.10 Å². The number of aliphatic hydroxyl groups is 1. The molecule has 2 rings (SSSR count). The van der Waals surface area contributed by atoms with Crippen LogP contribution in [0.15, 0.2) is 0 Å². The summed E-state index contributed by atoms with van der Waals surface area (Å²) in [6, 6.07) is 0.458. The molecule has 2 aliphatic rings. The monoisotopic (exact) mass is 267 g/mol. The fourth-order valence-corrected chi connectivity index (χ4v) is 3.83. The normalized spacial score (nSPS) is 33.3. The van der Waals surface area contributed by atoms with E-state index in [0.717, 1.165) is 6.42 Å². The molecule has 1 saturated heterocycles. The summed E-state index contributed by atoms with van der Waals surface area (Å²) in [5.74, 6) is 0. The first kappa shape index (κ1) is 15.3. The predicted molar refractivity (Wildman–Crippen MR) is 81.4 cm³/mol. The summed E-state index contributed by atoms with van der Waals surface area (Å²) in [5, 5.41) is 10.6. The molecule has 0 bridgehead atoms. The number of nitrogens with zero attached hydrogens (tertiary/aromatic N) is 1. The van der Waals surface area contributed by atoms with E-state index in [0.29, 0.717) is 6.04 Å². The van der Waals surface area contributed by atoms with Crippen molar-refractivity contribution >= 4 is 0 Å². The van der Waals surface area contributed by atoms with Crippen molar-refractivity contribution in [1.82, 2.24) is 4.90 Å². The third kappa shape index (κ3) is 5.43. The van der Waals surface area contributed by atoms with Crippen LogP contribution in [0.4, 0.5) is 0 Å². The first-order valence-electron chi connectivity index (χ1n) is 8.80. The van der Waals surface area contributed by atoms with Crippen molar-refractivity contribution in [1.29, 1.82) is 0 Å². The Balaban J connectivity index is 1.86. The van der Waals surface area contributed by atoms with Crippen LogP contribution in [-0.4, -0.2) is 35.2 Å². The van der Waals surface area contributed by atoms with Crippen molar-refractivity contribution in [3.63, 3.8) is 0 Å². The van der Waals surface area contributed by atoms with Gasteiger partial charge in [-0.3, -0.25) is 4.90 Å². The average molecular weight is 267 g/mol. The summed E-state index contributed by atoms with van der Waals surface area (Å²) in [6.07, 6.45) is 17.1. The molecule has 0 aromatic rings. The van der Waals surface area contributed by atoms with Gasteiger partial charge >= 0.3 is 0 Å². The van der Waals surface area contributed by atoms with Crippen LogP contribution in [0.25, 0.3) is 0 Å². The lowest BCUT2D eigenvalue weighted by Crippen LogP contribution is -2.46. The van der Waals surface area contributed by atoms with Gasteiger partial charge in [0.1, 0.15) is 0 Å². The second kappa shape index (κ2) is 8.97. The number of hydrogen-bond acceptors (Lipinski definition) is 2. The number of likely N-dealkylation sites (tertiary alicyclic amines) is 1. The molecule has 1 N–H and O–H groups in total. The van der Waals surface area contributed by atoms with E-state index >= 15 is 0 Å². The quantitative estimate of drug-likeness (QED) is 0.772. The summed E-state index contributed by atoms with van der Waals surface area (Å²) >= 11 is 0. The minimum atomic E-state index is -0.0717. The van der Waals surface area contributed by atoms with Crippen molar-refractivity contribution in [2.45, 2.75) is 95.6 Å². The van der Waals surface area contributed by atoms with Crippen LogP contribution in [0, 0.1) is 0 Å². The molecule has 0 radical (unpaired) electrons. The third-order valence-corrected chi connectivity index (χ3v) is 5.05. The Kier molecular flexibility index (Phi) is 7.23. The Bertz CT molecular complexity index is 225. The lowest BCUT2D eigenvalue weighted by atomic mass is 9.93. The first-order valence-corrected chi connectivity index (χ1v) is 8.80. The Morgan fingerprint density at radius 2 is 1.05 bits per heavy atom. The van der Waals surface area contributed by atoms with Crippen molar-refractivity contribution in [2.24, 2.45) is 0 Å². The molecule has 2 atom stereocenters. The highest BCUT2D eigenvalue weighted by Gasteiger charge is 2.26. The maximum atomic E-state index is 10.6.